The lowest BCUT2D eigenvalue weighted by Crippen LogP contribution is -2.68. The Hall–Kier alpha value is -1.43. The number of carboxylic acids is 2. The van der Waals surface area contributed by atoms with E-state index in [1.165, 1.54) is 0 Å². The molecule has 0 aliphatic heterocycles. The van der Waals surface area contributed by atoms with E-state index >= 15 is 0 Å². The van der Waals surface area contributed by atoms with E-state index in [1.54, 1.807) is 0 Å². The molecule has 0 aromatic carbocycles. The molecule has 0 rings (SSSR count). The molecule has 0 aromatic rings. The molecule has 0 heterocycles. The average Bonchev–Trinajstić information content (AvgIpc) is 2.03. The first-order valence-corrected chi connectivity index (χ1v) is 3.73. The summed E-state index contributed by atoms with van der Waals surface area (Å²) in [5, 5.41) is 20.0. The van der Waals surface area contributed by atoms with Crippen molar-refractivity contribution in [3.63, 3.8) is 0 Å². The summed E-state index contributed by atoms with van der Waals surface area (Å²) in [6.45, 7) is 0. The minimum atomic E-state index is -1.74. The quantitative estimate of drug-likeness (QED) is 0.423. The van der Waals surface area contributed by atoms with Crippen molar-refractivity contribution < 1.29 is 30.3 Å². The summed E-state index contributed by atoms with van der Waals surface area (Å²) in [5.74, 6) is -4.07. The van der Waals surface area contributed by atoms with Gasteiger partial charge < -0.3 is 25.5 Å². The summed E-state index contributed by atoms with van der Waals surface area (Å²) in [7, 11) is 0. The van der Waals surface area contributed by atoms with Gasteiger partial charge in [0.2, 0.25) is 0 Å². The van der Waals surface area contributed by atoms with E-state index in [9.17, 15) is 24.6 Å². The highest BCUT2D eigenvalue weighted by atomic mass is 16.4. The second-order valence-electron chi connectivity index (χ2n) is 2.62. The van der Waals surface area contributed by atoms with E-state index in [4.69, 9.17) is 0 Å². The molecule has 0 unspecified atom stereocenters. The van der Waals surface area contributed by atoms with Gasteiger partial charge in [-0.2, -0.15) is 0 Å². The summed E-state index contributed by atoms with van der Waals surface area (Å²) in [5.41, 5.74) is 3.24. The van der Waals surface area contributed by atoms with Gasteiger partial charge in [0.1, 0.15) is 12.0 Å². The first-order valence-electron chi connectivity index (χ1n) is 3.73. The first-order chi connectivity index (χ1) is 5.95. The van der Waals surface area contributed by atoms with Gasteiger partial charge in [0, 0.05) is 12.8 Å². The zero-order valence-corrected chi connectivity index (χ0v) is 6.95. The van der Waals surface area contributed by atoms with Crippen LogP contribution in [0.15, 0.2) is 0 Å². The van der Waals surface area contributed by atoms with Gasteiger partial charge in [-0.15, -0.1) is 0 Å². The van der Waals surface area contributed by atoms with E-state index in [0.29, 0.717) is 0 Å². The van der Waals surface area contributed by atoms with E-state index in [0.717, 1.165) is 0 Å². The molecule has 0 aliphatic carbocycles. The number of carbonyl (C=O) groups is 3. The van der Waals surface area contributed by atoms with Gasteiger partial charge in [0.15, 0.2) is 5.78 Å². The fraction of sp³-hybridized carbons (Fsp3) is 0.571. The predicted molar refractivity (Wildman–Crippen MR) is 35.5 cm³/mol. The molecule has 13 heavy (non-hydrogen) atoms. The largest absolute Gasteiger partial charge is 0.544 e. The van der Waals surface area contributed by atoms with Crippen LogP contribution in [-0.2, 0) is 14.4 Å². The number of carboxylic acid groups (broad SMARTS) is 2. The van der Waals surface area contributed by atoms with Crippen LogP contribution in [0, 0.1) is 0 Å². The normalized spacial score (nSPS) is 12.1. The van der Waals surface area contributed by atoms with E-state index < -0.39 is 23.8 Å². The molecule has 0 aromatic heterocycles. The molecule has 0 spiro atoms. The highest BCUT2D eigenvalue weighted by Crippen LogP contribution is 1.97. The molecular weight excluding hydrogens is 178 g/mol. The Kier molecular flexibility index (Phi) is 4.68. The van der Waals surface area contributed by atoms with Gasteiger partial charge in [-0.05, 0) is 6.42 Å². The summed E-state index contributed by atoms with van der Waals surface area (Å²) in [4.78, 5) is 30.5. The molecule has 0 saturated heterocycles. The molecule has 3 N–H and O–H groups in total. The topological polar surface area (TPSA) is 125 Å². The summed E-state index contributed by atoms with van der Waals surface area (Å²) < 4.78 is 0. The first kappa shape index (κ1) is 11.6. The minimum Gasteiger partial charge on any atom is -0.544 e. The Bertz CT molecular complexity index is 225. The predicted octanol–water partition coefficient (Wildman–Crippen LogP) is -4.16. The van der Waals surface area contributed by atoms with Crippen LogP contribution in [0.3, 0.4) is 0 Å². The molecule has 6 nitrogen and oxygen atoms in total. The molecule has 0 amide bonds. The Morgan fingerprint density at radius 2 is 1.77 bits per heavy atom. The fourth-order valence-electron chi connectivity index (χ4n) is 0.729. The maximum Gasteiger partial charge on any atom is 0.178 e. The van der Waals surface area contributed by atoms with Crippen molar-refractivity contribution in [3.05, 3.63) is 0 Å². The van der Waals surface area contributed by atoms with Crippen LogP contribution in [0.5, 0.6) is 0 Å². The number of carbonyl (C=O) groups excluding carboxylic acids is 3. The van der Waals surface area contributed by atoms with Crippen LogP contribution < -0.4 is 15.9 Å². The number of quaternary nitrogens is 1. The lowest BCUT2D eigenvalue weighted by molar-refractivity contribution is -0.438. The van der Waals surface area contributed by atoms with Crippen molar-refractivity contribution >= 4 is 17.7 Å². The summed E-state index contributed by atoms with van der Waals surface area (Å²) in [6, 6.07) is -0.908. The Morgan fingerprint density at radius 1 is 1.23 bits per heavy atom. The van der Waals surface area contributed by atoms with Crippen LogP contribution in [0.1, 0.15) is 19.3 Å². The van der Waals surface area contributed by atoms with Gasteiger partial charge in [0.05, 0.1) is 5.97 Å². The van der Waals surface area contributed by atoms with Crippen molar-refractivity contribution in [2.75, 3.05) is 0 Å². The van der Waals surface area contributed by atoms with Gasteiger partial charge >= 0.3 is 0 Å². The van der Waals surface area contributed by atoms with Crippen molar-refractivity contribution in [3.8, 4) is 0 Å². The summed E-state index contributed by atoms with van der Waals surface area (Å²) in [6.07, 6.45) is 0.0674. The molecule has 1 atom stereocenters. The molecule has 0 aliphatic rings. The maximum atomic E-state index is 10.4. The van der Waals surface area contributed by atoms with Crippen LogP contribution in [0.2, 0.25) is 0 Å². The molecule has 0 bridgehead atoms. The lowest BCUT2D eigenvalue weighted by atomic mass is 10.1. The molecule has 0 fully saturated rings. The fourth-order valence-corrected chi connectivity index (χ4v) is 0.729. The van der Waals surface area contributed by atoms with Crippen molar-refractivity contribution in [1.82, 2.24) is 0 Å². The van der Waals surface area contributed by atoms with Crippen LogP contribution in [0.25, 0.3) is 0 Å². The van der Waals surface area contributed by atoms with Gasteiger partial charge in [-0.1, -0.05) is 0 Å². The molecule has 0 saturated carbocycles. The SMILES string of the molecule is [NH3+][C@@H](CCCC(=O)C(=O)[O-])C(=O)[O-]. The molecular formula is C7H10NO5-. The van der Waals surface area contributed by atoms with E-state index in [1.807, 2.05) is 0 Å². The standard InChI is InChI=1S/C7H11NO5/c8-4(6(10)11)2-1-3-5(9)7(12)13/h4H,1-3,8H2,(H,10,11)(H,12,13)/p-1/t4-/m0/s1. The van der Waals surface area contributed by atoms with Gasteiger partial charge in [-0.25, -0.2) is 0 Å². The maximum absolute atomic E-state index is 10.4. The molecule has 6 heteroatoms. The monoisotopic (exact) mass is 188 g/mol. The molecule has 74 valence electrons. The number of hydrogen-bond donors (Lipinski definition) is 1. The zero-order chi connectivity index (χ0) is 10.4. The third kappa shape index (κ3) is 4.91. The Labute approximate surface area is 74.3 Å². The third-order valence-electron chi connectivity index (χ3n) is 1.52. The third-order valence-corrected chi connectivity index (χ3v) is 1.52. The van der Waals surface area contributed by atoms with Crippen molar-refractivity contribution in [2.45, 2.75) is 25.3 Å². The number of aliphatic carboxylic acids is 2. The van der Waals surface area contributed by atoms with Gasteiger partial charge in [-0.3, -0.25) is 4.79 Å². The second-order valence-corrected chi connectivity index (χ2v) is 2.62. The molecule has 0 radical (unpaired) electrons. The highest BCUT2D eigenvalue weighted by molar-refractivity contribution is 6.31. The average molecular weight is 188 g/mol. The van der Waals surface area contributed by atoms with Crippen molar-refractivity contribution in [1.29, 1.82) is 0 Å². The Morgan fingerprint density at radius 3 is 2.15 bits per heavy atom. The smallest absolute Gasteiger partial charge is 0.178 e. The number of ketones is 1. The van der Waals surface area contributed by atoms with E-state index in [2.05, 4.69) is 5.73 Å². The Balaban J connectivity index is 3.62. The number of hydrogen-bond acceptors (Lipinski definition) is 5. The number of rotatable bonds is 6. The minimum absolute atomic E-state index is 0.126. The van der Waals surface area contributed by atoms with Crippen molar-refractivity contribution in [2.24, 2.45) is 0 Å². The second kappa shape index (κ2) is 5.26. The lowest BCUT2D eigenvalue weighted by Gasteiger charge is -2.08. The van der Waals surface area contributed by atoms with E-state index in [-0.39, 0.29) is 19.3 Å². The van der Waals surface area contributed by atoms with Crippen LogP contribution in [-0.4, -0.2) is 23.8 Å². The van der Waals surface area contributed by atoms with Gasteiger partial charge in [0.25, 0.3) is 0 Å². The summed E-state index contributed by atoms with van der Waals surface area (Å²) >= 11 is 0. The zero-order valence-electron chi connectivity index (χ0n) is 6.95. The highest BCUT2D eigenvalue weighted by Gasteiger charge is 2.08. The van der Waals surface area contributed by atoms with Crippen LogP contribution >= 0.6 is 0 Å². The van der Waals surface area contributed by atoms with Crippen LogP contribution in [0.4, 0.5) is 0 Å². The number of Topliss-reactive ketones (excluding diaryl/α,β-unsaturated/α-hetero) is 1.